The topological polar surface area (TPSA) is 66.2 Å². The lowest BCUT2D eigenvalue weighted by Gasteiger charge is -1.59. The van der Waals surface area contributed by atoms with Gasteiger partial charge in [0.25, 0.3) is 0 Å². The van der Waals surface area contributed by atoms with Gasteiger partial charge in [-0.05, 0) is 0 Å². The van der Waals surface area contributed by atoms with Gasteiger partial charge in [-0.2, -0.15) is 9.90 Å². The van der Waals surface area contributed by atoms with Crippen LogP contribution in [0.25, 0.3) is 0 Å². The van der Waals surface area contributed by atoms with Crippen LogP contribution < -0.4 is 10.4 Å². The van der Waals surface area contributed by atoms with Crippen molar-refractivity contribution in [3.63, 3.8) is 0 Å². The Balaban J connectivity index is 0. The predicted octanol–water partition coefficient (Wildman–Crippen LogP) is -0.979. The maximum Gasteiger partial charge on any atom is 0.405 e. The van der Waals surface area contributed by atoms with Gasteiger partial charge in [0, 0.05) is 0 Å². The molecule has 5 heteroatoms. The van der Waals surface area contributed by atoms with E-state index in [9.17, 15) is 0 Å². The van der Waals surface area contributed by atoms with Crippen LogP contribution in [0, 0.1) is 0 Å². The zero-order valence-corrected chi connectivity index (χ0v) is 4.86. The molecule has 2 atom stereocenters. The van der Waals surface area contributed by atoms with E-state index < -0.39 is 8.18 Å². The molecule has 0 aromatic heterocycles. The fourth-order valence-electron chi connectivity index (χ4n) is 0. The van der Waals surface area contributed by atoms with Crippen LogP contribution in [0.2, 0.25) is 0 Å². The highest BCUT2D eigenvalue weighted by Crippen LogP contribution is 1.81. The fourth-order valence-corrected chi connectivity index (χ4v) is 0. The van der Waals surface area contributed by atoms with Crippen LogP contribution in [-0.2, 0) is 4.57 Å². The summed E-state index contributed by atoms with van der Waals surface area (Å²) in [5, 5.41) is 0. The first-order valence-electron chi connectivity index (χ1n) is 0.623. The molecule has 0 aliphatic heterocycles. The van der Waals surface area contributed by atoms with E-state index in [1.165, 1.54) is 0 Å². The molecule has 0 saturated heterocycles. The van der Waals surface area contributed by atoms with Gasteiger partial charge in [0.15, 0.2) is 0 Å². The summed E-state index contributed by atoms with van der Waals surface area (Å²) in [5.74, 6) is 0. The minimum Gasteiger partial charge on any atom is -0.578 e. The molecule has 0 rings (SSSR count). The molecule has 0 heterocycles. The van der Waals surface area contributed by atoms with E-state index in [1.807, 2.05) is 0 Å². The number of hydrogen-bond donors (Lipinski definition) is 1. The van der Waals surface area contributed by atoms with Gasteiger partial charge in [-0.3, -0.25) is 0 Å². The first kappa shape index (κ1) is 9.07. The average Bonchev–Trinajstić information content (AvgIpc) is 0.811. The molecule has 0 radical (unpaired) electrons. The van der Waals surface area contributed by atoms with Crippen LogP contribution in [0.3, 0.4) is 0 Å². The first-order valence-corrected chi connectivity index (χ1v) is 1.87. The van der Waals surface area contributed by atoms with Crippen molar-refractivity contribution in [2.24, 2.45) is 5.50 Å². The lowest BCUT2D eigenvalue weighted by atomic mass is 13.9. The first-order chi connectivity index (χ1) is 1.73. The molecule has 0 aliphatic carbocycles. The zero-order chi connectivity index (χ0) is 3.58. The molecule has 0 aliphatic rings. The zero-order valence-electron chi connectivity index (χ0n) is 2.55. The molecule has 0 amide bonds. The molecule has 0 aromatic carbocycles. The summed E-state index contributed by atoms with van der Waals surface area (Å²) in [6.07, 6.45) is 0. The SMILES string of the molecule is N[P+](=O)[O-].P. The molecule has 32 valence electrons. The second-order valence-electron chi connectivity index (χ2n) is 0.285. The van der Waals surface area contributed by atoms with Crippen LogP contribution >= 0.6 is 18.1 Å². The van der Waals surface area contributed by atoms with E-state index in [0.717, 1.165) is 0 Å². The molecule has 0 bridgehead atoms. The van der Waals surface area contributed by atoms with Crippen LogP contribution in [-0.4, -0.2) is 0 Å². The Kier molecular flexibility index (Phi) is 8.07. The highest BCUT2D eigenvalue weighted by molar-refractivity contribution is 7.33. The molecule has 0 aromatic rings. The van der Waals surface area contributed by atoms with Gasteiger partial charge < -0.3 is 4.89 Å². The van der Waals surface area contributed by atoms with E-state index in [4.69, 9.17) is 9.46 Å². The minimum atomic E-state index is -2.62. The van der Waals surface area contributed by atoms with E-state index in [-0.39, 0.29) is 9.90 Å². The van der Waals surface area contributed by atoms with Crippen molar-refractivity contribution in [2.45, 2.75) is 0 Å². The van der Waals surface area contributed by atoms with Crippen molar-refractivity contribution in [1.29, 1.82) is 0 Å². The predicted molar refractivity (Wildman–Crippen MR) is 22.9 cm³/mol. The number of nitrogens with two attached hydrogens (primary N) is 1. The third kappa shape index (κ3) is 132. The van der Waals surface area contributed by atoms with Crippen LogP contribution in [0.15, 0.2) is 0 Å². The second kappa shape index (κ2) is 4.45. The maximum atomic E-state index is 8.81. The molecular formula is H5NO2P2. The highest BCUT2D eigenvalue weighted by Gasteiger charge is 1.69. The van der Waals surface area contributed by atoms with Crippen molar-refractivity contribution in [3.8, 4) is 0 Å². The van der Waals surface area contributed by atoms with Gasteiger partial charge in [0.2, 0.25) is 0 Å². The Morgan fingerprint density at radius 2 is 1.80 bits per heavy atom. The Bertz CT molecular complexity index is 30.6. The highest BCUT2D eigenvalue weighted by atomic mass is 31.1. The van der Waals surface area contributed by atoms with Gasteiger partial charge in [-0.25, -0.2) is 0 Å². The summed E-state index contributed by atoms with van der Waals surface area (Å²) in [4.78, 5) is 8.81. The summed E-state index contributed by atoms with van der Waals surface area (Å²) in [6, 6.07) is 0. The molecule has 2 unspecified atom stereocenters. The molecule has 3 nitrogen and oxygen atoms in total. The summed E-state index contributed by atoms with van der Waals surface area (Å²) in [6.45, 7) is 0. The van der Waals surface area contributed by atoms with Gasteiger partial charge in [-0.1, -0.05) is 4.57 Å². The Hall–Kier alpha value is 0.450. The van der Waals surface area contributed by atoms with Crippen molar-refractivity contribution in [1.82, 2.24) is 0 Å². The molecule has 0 fully saturated rings. The van der Waals surface area contributed by atoms with Gasteiger partial charge in [-0.15, -0.1) is 5.50 Å². The maximum absolute atomic E-state index is 8.81. The molecule has 2 N–H and O–H groups in total. The quantitative estimate of drug-likeness (QED) is 0.410. The van der Waals surface area contributed by atoms with Gasteiger partial charge in [0.05, 0.1) is 0 Å². The molecular weight excluding hydrogens is 108 g/mol. The Morgan fingerprint density at radius 3 is 1.80 bits per heavy atom. The molecule has 0 saturated carbocycles. The summed E-state index contributed by atoms with van der Waals surface area (Å²) in [7, 11) is -2.62. The standard InChI is InChI=1S/H2NO2P.H3P/c1-4(2)3;/h(H2,1,2,3);1H3. The van der Waals surface area contributed by atoms with E-state index >= 15 is 0 Å². The van der Waals surface area contributed by atoms with Crippen molar-refractivity contribution in [3.05, 3.63) is 0 Å². The molecule has 5 heavy (non-hydrogen) atoms. The van der Waals surface area contributed by atoms with E-state index in [2.05, 4.69) is 5.50 Å². The number of rotatable bonds is 0. The smallest absolute Gasteiger partial charge is 0.405 e. The van der Waals surface area contributed by atoms with Gasteiger partial charge >= 0.3 is 8.18 Å². The summed E-state index contributed by atoms with van der Waals surface area (Å²) < 4.78 is 8.81. The van der Waals surface area contributed by atoms with Crippen molar-refractivity contribution >= 4 is 18.1 Å². The van der Waals surface area contributed by atoms with Gasteiger partial charge in [0.1, 0.15) is 0 Å². The monoisotopic (exact) mass is 113 g/mol. The van der Waals surface area contributed by atoms with Crippen molar-refractivity contribution < 1.29 is 9.46 Å². The average molecular weight is 113 g/mol. The Morgan fingerprint density at radius 1 is 1.80 bits per heavy atom. The fraction of sp³-hybridized carbons (Fsp3) is 0. The van der Waals surface area contributed by atoms with E-state index in [1.54, 1.807) is 0 Å². The van der Waals surface area contributed by atoms with Crippen molar-refractivity contribution in [2.75, 3.05) is 0 Å². The van der Waals surface area contributed by atoms with Crippen LogP contribution in [0.5, 0.6) is 0 Å². The lowest BCUT2D eigenvalue weighted by molar-refractivity contribution is -0.164. The summed E-state index contributed by atoms with van der Waals surface area (Å²) in [5.41, 5.74) is 4.06. The third-order valence-corrected chi connectivity index (χ3v) is 0. The normalized spacial score (nSPS) is 8.80. The number of hydrogen-bond acceptors (Lipinski definition) is 2. The summed E-state index contributed by atoms with van der Waals surface area (Å²) >= 11 is 0. The van der Waals surface area contributed by atoms with Crippen LogP contribution in [0.4, 0.5) is 0 Å². The molecule has 0 spiro atoms. The van der Waals surface area contributed by atoms with E-state index in [0.29, 0.717) is 0 Å². The third-order valence-electron chi connectivity index (χ3n) is 0. The minimum absolute atomic E-state index is 0. The van der Waals surface area contributed by atoms with Crippen LogP contribution in [0.1, 0.15) is 0 Å². The Labute approximate surface area is 34.1 Å². The largest absolute Gasteiger partial charge is 0.578 e. The second-order valence-corrected chi connectivity index (χ2v) is 0.856. The lowest BCUT2D eigenvalue weighted by Crippen LogP contribution is -1.91.